The van der Waals surface area contributed by atoms with Crippen molar-refractivity contribution >= 4 is 23.5 Å². The van der Waals surface area contributed by atoms with Crippen molar-refractivity contribution in [3.05, 3.63) is 6.07 Å². The first-order chi connectivity index (χ1) is 7.82. The fraction of sp³-hybridized carbons (Fsp3) is 0.500. The van der Waals surface area contributed by atoms with Crippen molar-refractivity contribution in [1.29, 1.82) is 0 Å². The summed E-state index contributed by atoms with van der Waals surface area (Å²) in [4.78, 5) is 18.9. The highest BCUT2D eigenvalue weighted by Gasteiger charge is 2.21. The summed E-state index contributed by atoms with van der Waals surface area (Å²) in [6.07, 6.45) is 0.200. The topological polar surface area (TPSA) is 119 Å². The average Bonchev–Trinajstić information content (AvgIpc) is 2.13. The molecule has 0 saturated carbocycles. The first-order valence-corrected chi connectivity index (χ1v) is 5.21. The van der Waals surface area contributed by atoms with E-state index < -0.39 is 5.54 Å². The Hall–Kier alpha value is -2.05. The van der Waals surface area contributed by atoms with Crippen LogP contribution in [0.5, 0.6) is 0 Å². The highest BCUT2D eigenvalue weighted by atomic mass is 16.1. The first kappa shape index (κ1) is 13.0. The molecule has 0 spiro atoms. The normalized spacial score (nSPS) is 11.0. The maximum Gasteiger partial charge on any atom is 0.223 e. The quantitative estimate of drug-likeness (QED) is 0.580. The molecule has 0 aromatic carbocycles. The lowest BCUT2D eigenvalue weighted by atomic mass is 10.0. The zero-order valence-corrected chi connectivity index (χ0v) is 10.2. The number of rotatable bonds is 5. The molecule has 0 radical (unpaired) electrons. The van der Waals surface area contributed by atoms with Crippen molar-refractivity contribution in [3.8, 4) is 0 Å². The Kier molecular flexibility index (Phi) is 3.72. The second-order valence-electron chi connectivity index (χ2n) is 4.40. The third kappa shape index (κ3) is 4.13. The van der Waals surface area contributed by atoms with Crippen LogP contribution in [0, 0.1) is 0 Å². The molecule has 1 amide bonds. The molecule has 0 aliphatic carbocycles. The third-order valence-corrected chi connectivity index (χ3v) is 2.08. The molecule has 1 aromatic heterocycles. The van der Waals surface area contributed by atoms with Gasteiger partial charge in [-0.05, 0) is 13.8 Å². The van der Waals surface area contributed by atoms with Gasteiger partial charge >= 0.3 is 0 Å². The number of nitrogens with zero attached hydrogens (tertiary/aromatic N) is 2. The van der Waals surface area contributed by atoms with E-state index in [1.165, 1.54) is 0 Å². The van der Waals surface area contributed by atoms with Gasteiger partial charge in [0.05, 0.1) is 0 Å². The van der Waals surface area contributed by atoms with Gasteiger partial charge in [0.2, 0.25) is 11.9 Å². The van der Waals surface area contributed by atoms with Gasteiger partial charge in [0.25, 0.3) is 0 Å². The van der Waals surface area contributed by atoms with Crippen molar-refractivity contribution in [2.45, 2.75) is 25.8 Å². The Morgan fingerprint density at radius 3 is 2.53 bits per heavy atom. The number of nitrogen functional groups attached to an aromatic ring is 1. The first-order valence-electron chi connectivity index (χ1n) is 5.21. The van der Waals surface area contributed by atoms with Crippen LogP contribution in [0.25, 0.3) is 0 Å². The van der Waals surface area contributed by atoms with E-state index in [1.807, 2.05) is 13.8 Å². The van der Waals surface area contributed by atoms with Gasteiger partial charge in [0, 0.05) is 25.1 Å². The molecule has 7 nitrogen and oxygen atoms in total. The van der Waals surface area contributed by atoms with Gasteiger partial charge in [-0.1, -0.05) is 0 Å². The van der Waals surface area contributed by atoms with Crippen LogP contribution in [0.4, 0.5) is 17.6 Å². The molecule has 0 saturated heterocycles. The van der Waals surface area contributed by atoms with E-state index in [9.17, 15) is 4.79 Å². The third-order valence-electron chi connectivity index (χ3n) is 2.08. The minimum absolute atomic E-state index is 0.161. The number of aromatic nitrogens is 2. The molecule has 0 atom stereocenters. The van der Waals surface area contributed by atoms with Gasteiger partial charge in [-0.2, -0.15) is 9.97 Å². The van der Waals surface area contributed by atoms with Crippen molar-refractivity contribution in [3.63, 3.8) is 0 Å². The lowest BCUT2D eigenvalue weighted by molar-refractivity contribution is -0.118. The maximum absolute atomic E-state index is 10.9. The van der Waals surface area contributed by atoms with Crippen LogP contribution in [0.3, 0.4) is 0 Å². The van der Waals surface area contributed by atoms with E-state index in [1.54, 1.807) is 13.1 Å². The number of nitrogens with one attached hydrogen (secondary N) is 2. The van der Waals surface area contributed by atoms with E-state index in [-0.39, 0.29) is 18.3 Å². The lowest BCUT2D eigenvalue weighted by Gasteiger charge is -2.25. The lowest BCUT2D eigenvalue weighted by Crippen LogP contribution is -2.36. The van der Waals surface area contributed by atoms with Crippen molar-refractivity contribution in [1.82, 2.24) is 9.97 Å². The van der Waals surface area contributed by atoms with Gasteiger partial charge < -0.3 is 22.1 Å². The molecular formula is C10H18N6O. The minimum Gasteiger partial charge on any atom is -0.373 e. The van der Waals surface area contributed by atoms with Gasteiger partial charge in [-0.25, -0.2) is 0 Å². The monoisotopic (exact) mass is 238 g/mol. The number of amides is 1. The highest BCUT2D eigenvalue weighted by molar-refractivity contribution is 5.75. The number of hydrogen-bond donors (Lipinski definition) is 4. The average molecular weight is 238 g/mol. The Bertz CT molecular complexity index is 417. The summed E-state index contributed by atoms with van der Waals surface area (Å²) in [5.41, 5.74) is 10.2. The predicted molar refractivity (Wildman–Crippen MR) is 67.5 cm³/mol. The van der Waals surface area contributed by atoms with Gasteiger partial charge in [0.15, 0.2) is 0 Å². The Morgan fingerprint density at radius 1 is 1.41 bits per heavy atom. The van der Waals surface area contributed by atoms with Crippen molar-refractivity contribution in [2.24, 2.45) is 5.73 Å². The van der Waals surface area contributed by atoms with E-state index in [2.05, 4.69) is 20.6 Å². The van der Waals surface area contributed by atoms with Gasteiger partial charge in [0.1, 0.15) is 11.6 Å². The van der Waals surface area contributed by atoms with Gasteiger partial charge in [-0.15, -0.1) is 0 Å². The van der Waals surface area contributed by atoms with Crippen LogP contribution in [0.2, 0.25) is 0 Å². The fourth-order valence-corrected chi connectivity index (χ4v) is 1.48. The zero-order valence-electron chi connectivity index (χ0n) is 10.2. The second-order valence-corrected chi connectivity index (χ2v) is 4.40. The SMILES string of the molecule is CNc1cc(NC(C)(C)CC(N)=O)nc(N)n1. The molecule has 94 valence electrons. The fourth-order valence-electron chi connectivity index (χ4n) is 1.48. The number of nitrogens with two attached hydrogens (primary N) is 2. The number of primary amides is 1. The number of anilines is 3. The Labute approximate surface area is 100 Å². The number of hydrogen-bond acceptors (Lipinski definition) is 6. The molecule has 0 bridgehead atoms. The molecule has 1 heterocycles. The maximum atomic E-state index is 10.9. The van der Waals surface area contributed by atoms with E-state index in [4.69, 9.17) is 11.5 Å². The summed E-state index contributed by atoms with van der Waals surface area (Å²) >= 11 is 0. The molecule has 17 heavy (non-hydrogen) atoms. The van der Waals surface area contributed by atoms with E-state index in [0.717, 1.165) is 0 Å². The summed E-state index contributed by atoms with van der Waals surface area (Å²) in [6, 6.07) is 1.71. The van der Waals surface area contributed by atoms with Crippen LogP contribution in [-0.4, -0.2) is 28.5 Å². The standard InChI is InChI=1S/C10H18N6O/c1-10(2,5-6(11)17)16-8-4-7(13-3)14-9(12)15-8/h4H,5H2,1-3H3,(H2,11,17)(H4,12,13,14,15,16). The summed E-state index contributed by atoms with van der Waals surface area (Å²) in [5, 5.41) is 5.97. The minimum atomic E-state index is -0.488. The molecular weight excluding hydrogens is 220 g/mol. The Morgan fingerprint density at radius 2 is 2.00 bits per heavy atom. The van der Waals surface area contributed by atoms with Crippen LogP contribution >= 0.6 is 0 Å². The molecule has 0 aliphatic heterocycles. The summed E-state index contributed by atoms with van der Waals surface area (Å²) < 4.78 is 0. The number of carbonyl (C=O) groups is 1. The van der Waals surface area contributed by atoms with Crippen molar-refractivity contribution in [2.75, 3.05) is 23.4 Å². The van der Waals surface area contributed by atoms with Crippen molar-refractivity contribution < 1.29 is 4.79 Å². The molecule has 7 heteroatoms. The molecule has 6 N–H and O–H groups in total. The smallest absolute Gasteiger partial charge is 0.223 e. The predicted octanol–water partition coefficient (Wildman–Crippen LogP) is 0.166. The van der Waals surface area contributed by atoms with Crippen LogP contribution in [0.15, 0.2) is 6.07 Å². The number of carbonyl (C=O) groups excluding carboxylic acids is 1. The molecule has 0 unspecified atom stereocenters. The van der Waals surface area contributed by atoms with Crippen LogP contribution in [-0.2, 0) is 4.79 Å². The second kappa shape index (κ2) is 4.86. The summed E-state index contributed by atoms with van der Waals surface area (Å²) in [5.74, 6) is 0.940. The molecule has 0 fully saturated rings. The van der Waals surface area contributed by atoms with E-state index >= 15 is 0 Å². The zero-order chi connectivity index (χ0) is 13.1. The Balaban J connectivity index is 2.87. The van der Waals surface area contributed by atoms with Crippen LogP contribution in [0.1, 0.15) is 20.3 Å². The molecule has 1 aromatic rings. The molecule has 0 aliphatic rings. The highest BCUT2D eigenvalue weighted by Crippen LogP contribution is 2.19. The van der Waals surface area contributed by atoms with E-state index in [0.29, 0.717) is 11.6 Å². The van der Waals surface area contributed by atoms with Gasteiger partial charge in [-0.3, -0.25) is 4.79 Å². The molecule has 1 rings (SSSR count). The summed E-state index contributed by atoms with van der Waals surface area (Å²) in [6.45, 7) is 3.71. The summed E-state index contributed by atoms with van der Waals surface area (Å²) in [7, 11) is 1.74. The largest absolute Gasteiger partial charge is 0.373 e. The van der Waals surface area contributed by atoms with Crippen LogP contribution < -0.4 is 22.1 Å².